The first-order valence-electron chi connectivity index (χ1n) is 31.8. The Morgan fingerprint density at radius 1 is 0.828 bits per heavy atom. The van der Waals surface area contributed by atoms with Crippen molar-refractivity contribution < 1.29 is 72.5 Å². The normalized spacial score (nSPS) is 34.9. The van der Waals surface area contributed by atoms with E-state index in [-0.39, 0.29) is 55.7 Å². The van der Waals surface area contributed by atoms with E-state index in [0.717, 1.165) is 5.57 Å². The van der Waals surface area contributed by atoms with E-state index >= 15 is 0 Å². The van der Waals surface area contributed by atoms with E-state index in [1.54, 1.807) is 46.5 Å². The minimum atomic E-state index is -1.79. The zero-order valence-corrected chi connectivity index (χ0v) is 53.4. The lowest BCUT2D eigenvalue weighted by Crippen LogP contribution is -2.55. The molecule has 5 heterocycles. The lowest BCUT2D eigenvalue weighted by molar-refractivity contribution is -0.284. The fourth-order valence-corrected chi connectivity index (χ4v) is 12.9. The van der Waals surface area contributed by atoms with Gasteiger partial charge in [0.25, 0.3) is 0 Å². The molecule has 488 valence electrons. The van der Waals surface area contributed by atoms with Gasteiger partial charge in [-0.2, -0.15) is 0 Å². The average Bonchev–Trinajstić information content (AvgIpc) is 3.68. The van der Waals surface area contributed by atoms with Crippen LogP contribution in [0.15, 0.2) is 60.0 Å². The Morgan fingerprint density at radius 3 is 2.24 bits per heavy atom. The molecule has 22 nitrogen and oxygen atoms in total. The van der Waals surface area contributed by atoms with Crippen molar-refractivity contribution in [3.05, 3.63) is 65.6 Å². The molecule has 3 saturated heterocycles. The average molecular weight is 1220 g/mol. The van der Waals surface area contributed by atoms with Crippen LogP contribution in [0.4, 0.5) is 10.7 Å². The summed E-state index contributed by atoms with van der Waals surface area (Å²) in [5.74, 6) is -4.13. The Kier molecular flexibility index (Phi) is 28.3. The molecular formula is C65H103N7O15. The van der Waals surface area contributed by atoms with E-state index in [1.165, 1.54) is 12.0 Å². The van der Waals surface area contributed by atoms with E-state index in [9.17, 15) is 39.3 Å². The molecule has 6 rings (SSSR count). The van der Waals surface area contributed by atoms with Crippen LogP contribution >= 0.6 is 0 Å². The highest BCUT2D eigenvalue weighted by Crippen LogP contribution is 2.39. The van der Waals surface area contributed by atoms with Crippen LogP contribution in [0.25, 0.3) is 0 Å². The van der Waals surface area contributed by atoms with Gasteiger partial charge in [0, 0.05) is 122 Å². The molecule has 5 aliphatic rings. The minimum Gasteiger partial charge on any atom is -0.459 e. The van der Waals surface area contributed by atoms with E-state index in [0.29, 0.717) is 134 Å². The summed E-state index contributed by atoms with van der Waals surface area (Å²) in [5.41, 5.74) is 9.16. The van der Waals surface area contributed by atoms with Crippen LogP contribution < -0.4 is 16.0 Å². The summed E-state index contributed by atoms with van der Waals surface area (Å²) in [5, 5.41) is 37.7. The summed E-state index contributed by atoms with van der Waals surface area (Å²) in [7, 11) is 4.73. The van der Waals surface area contributed by atoms with Crippen molar-refractivity contribution in [2.45, 2.75) is 212 Å². The standard InChI is InChI=1S/C65H103N7O15/c1-11-84-30-24-57(73)70-26-28-71(29-27-70)63-67-38-48(39-68-63)40-69-64(79)86-52-23-21-47(34-56(52)83-10)33-50(66)55-36-54(82-9)43(4)32-45(6)60(76)61(77)59(75)44(5)31-41(2)17-13-12-14-18-42(3)53(81-8)35-49-22-20-46(7)65(80,87-49)37-58(74)72-25-16-15-19-51(72)62(78)85-55/h12-14,17-18,32,38-39,41,43-44,46-47,49-56,60-61,76-77,80H,11,15-16,19-31,33-37,40,66H2,1-10H3,(H,69,79)/b14-12+,17-13+,42-18+,45-32+/t41-,43-,44-,46-,47+,49+,50-,51+,52-,53+,54-,55+,56-,60-,61+,65+/m1/s1. The molecule has 87 heavy (non-hydrogen) atoms. The maximum absolute atomic E-state index is 14.8. The van der Waals surface area contributed by atoms with Crippen molar-refractivity contribution in [2.24, 2.45) is 35.3 Å². The number of aliphatic hydroxyl groups excluding tert-OH is 2. The molecule has 0 radical (unpaired) electrons. The summed E-state index contributed by atoms with van der Waals surface area (Å²) in [6.45, 7) is 16.7. The summed E-state index contributed by atoms with van der Waals surface area (Å²) in [6, 6.07) is -1.71. The highest BCUT2D eigenvalue weighted by atomic mass is 16.6. The molecule has 2 bridgehead atoms. The van der Waals surface area contributed by atoms with Crippen LogP contribution in [-0.4, -0.2) is 199 Å². The first kappa shape index (κ1) is 70.9. The molecule has 3 amide bonds. The fraction of sp³-hybridized carbons (Fsp3) is 0.738. The summed E-state index contributed by atoms with van der Waals surface area (Å²) in [4.78, 5) is 83.1. The molecule has 4 aliphatic heterocycles. The number of Topliss-reactive ketones (excluding diaryl/α,β-unsaturated/α-hetero) is 1. The Morgan fingerprint density at radius 2 is 1.55 bits per heavy atom. The van der Waals surface area contributed by atoms with Crippen molar-refractivity contribution in [1.29, 1.82) is 0 Å². The van der Waals surface area contributed by atoms with Gasteiger partial charge in [-0.25, -0.2) is 19.6 Å². The number of piperidine rings is 1. The topological polar surface area (TPSA) is 284 Å². The van der Waals surface area contributed by atoms with Gasteiger partial charge in [0.1, 0.15) is 30.5 Å². The van der Waals surface area contributed by atoms with Gasteiger partial charge in [-0.05, 0) is 108 Å². The summed E-state index contributed by atoms with van der Waals surface area (Å²) < 4.78 is 42.2. The third kappa shape index (κ3) is 20.7. The minimum absolute atomic E-state index is 0.0189. The Labute approximate surface area is 515 Å². The van der Waals surface area contributed by atoms with Gasteiger partial charge in [0.15, 0.2) is 11.6 Å². The Balaban J connectivity index is 1.15. The second-order valence-electron chi connectivity index (χ2n) is 25.0. The van der Waals surface area contributed by atoms with Gasteiger partial charge in [-0.3, -0.25) is 14.4 Å². The number of alkyl carbamates (subject to hydrolysis) is 1. The number of nitrogens with zero attached hydrogens (tertiary/aromatic N) is 5. The van der Waals surface area contributed by atoms with Crippen molar-refractivity contribution in [2.75, 3.05) is 72.2 Å². The van der Waals surface area contributed by atoms with E-state index in [4.69, 9.17) is 38.9 Å². The van der Waals surface area contributed by atoms with Crippen LogP contribution in [0.2, 0.25) is 0 Å². The third-order valence-corrected chi connectivity index (χ3v) is 18.5. The number of nitrogens with one attached hydrogen (secondary N) is 1. The van der Waals surface area contributed by atoms with Crippen molar-refractivity contribution in [1.82, 2.24) is 25.1 Å². The number of amides is 3. The molecule has 4 fully saturated rings. The Hall–Kier alpha value is -5.17. The number of carbonyl (C=O) groups excluding carboxylic acids is 5. The SMILES string of the molecule is CCOCCC(=O)N1CCN(c2ncc(CNC(=O)O[C@@H]3CC[C@@H](C[C@@H](N)[C@@H]4C[C@@H](OC)[C@H](C)/C=C(\C)[C@@H](O)[C@@H](O)C(=O)[C@H](C)C[C@H](C)/C=C/C=C/C=C(\C)[C@@H](OC)C[C@@H]5CC[C@@H](C)[C@](O)(CC(=O)N6CCCC[C@H]6C(=O)O4)O5)C[C@H]3OC)cn2)CC1. The molecule has 16 atom stereocenters. The molecule has 1 aromatic heterocycles. The van der Waals surface area contributed by atoms with Gasteiger partial charge in [-0.1, -0.05) is 64.2 Å². The zero-order valence-electron chi connectivity index (χ0n) is 53.4. The van der Waals surface area contributed by atoms with E-state index in [2.05, 4.69) is 15.3 Å². The number of allylic oxidation sites excluding steroid dienone is 5. The number of nitrogens with two attached hydrogens (primary N) is 1. The number of ketones is 1. The van der Waals surface area contributed by atoms with Gasteiger partial charge in [0.05, 0.1) is 43.9 Å². The molecule has 1 aliphatic carbocycles. The highest BCUT2D eigenvalue weighted by molar-refractivity contribution is 5.86. The number of fused-ring (bicyclic) bond motifs is 3. The lowest BCUT2D eigenvalue weighted by atomic mass is 9.80. The van der Waals surface area contributed by atoms with Gasteiger partial charge in [-0.15, -0.1) is 0 Å². The van der Waals surface area contributed by atoms with Crippen LogP contribution in [-0.2, 0) is 58.9 Å². The lowest BCUT2D eigenvalue weighted by Gasteiger charge is -2.44. The maximum Gasteiger partial charge on any atom is 0.407 e. The van der Waals surface area contributed by atoms with Crippen molar-refractivity contribution in [3.63, 3.8) is 0 Å². The molecule has 22 heteroatoms. The fourth-order valence-electron chi connectivity index (χ4n) is 12.9. The number of methoxy groups -OCH3 is 3. The first-order chi connectivity index (χ1) is 41.6. The molecular weight excluding hydrogens is 1120 g/mol. The van der Waals surface area contributed by atoms with E-state index in [1.807, 2.05) is 74.8 Å². The number of anilines is 1. The van der Waals surface area contributed by atoms with Crippen molar-refractivity contribution in [3.8, 4) is 0 Å². The number of aromatic nitrogens is 2. The Bertz CT molecular complexity index is 2490. The highest BCUT2D eigenvalue weighted by Gasteiger charge is 2.47. The van der Waals surface area contributed by atoms with Gasteiger partial charge >= 0.3 is 12.1 Å². The number of rotatable bonds is 14. The van der Waals surface area contributed by atoms with Crippen molar-refractivity contribution >= 4 is 35.6 Å². The molecule has 1 aromatic rings. The molecule has 1 saturated carbocycles. The smallest absolute Gasteiger partial charge is 0.407 e. The predicted molar refractivity (Wildman–Crippen MR) is 328 cm³/mol. The van der Waals surface area contributed by atoms with Gasteiger partial charge < -0.3 is 74.2 Å². The van der Waals surface area contributed by atoms with Gasteiger partial charge in [0.2, 0.25) is 17.8 Å². The number of cyclic esters (lactones) is 1. The van der Waals surface area contributed by atoms with E-state index < -0.39 is 96.2 Å². The molecule has 0 unspecified atom stereocenters. The maximum atomic E-state index is 14.8. The number of piperazine rings is 1. The quantitative estimate of drug-likeness (QED) is 0.0778. The van der Waals surface area contributed by atoms with Crippen LogP contribution in [0, 0.1) is 29.6 Å². The summed E-state index contributed by atoms with van der Waals surface area (Å²) >= 11 is 0. The number of esters is 1. The largest absolute Gasteiger partial charge is 0.459 e. The molecule has 0 spiro atoms. The summed E-state index contributed by atoms with van der Waals surface area (Å²) in [6.07, 6.45) is 13.5. The second kappa shape index (κ2) is 34.7. The van der Waals surface area contributed by atoms with Crippen LogP contribution in [0.5, 0.6) is 0 Å². The first-order valence-corrected chi connectivity index (χ1v) is 31.8. The third-order valence-electron chi connectivity index (χ3n) is 18.5. The number of hydrogen-bond acceptors (Lipinski definition) is 19. The monoisotopic (exact) mass is 1220 g/mol. The molecule has 0 aromatic carbocycles. The number of carbonyl (C=O) groups is 5. The van der Waals surface area contributed by atoms with Crippen LogP contribution in [0.1, 0.15) is 144 Å². The van der Waals surface area contributed by atoms with Crippen LogP contribution in [0.3, 0.4) is 0 Å². The number of ether oxygens (including phenoxy) is 7. The molecule has 6 N–H and O–H groups in total. The second-order valence-corrected chi connectivity index (χ2v) is 25.0. The number of aliphatic hydroxyl groups is 3. The predicted octanol–water partition coefficient (Wildman–Crippen LogP) is 6.28. The zero-order chi connectivity index (χ0) is 63.4. The number of hydrogen-bond donors (Lipinski definition) is 5.